The topological polar surface area (TPSA) is 98.8 Å². The number of carbonyl (C=O) groups excluding carboxylic acids is 2. The maximum absolute atomic E-state index is 13.4. The summed E-state index contributed by atoms with van der Waals surface area (Å²) in [5.41, 5.74) is 4.73. The van der Waals surface area contributed by atoms with Crippen molar-refractivity contribution in [3.63, 3.8) is 0 Å². The molecule has 2 heterocycles. The van der Waals surface area contributed by atoms with Crippen LogP contribution in [0.3, 0.4) is 0 Å². The van der Waals surface area contributed by atoms with E-state index in [0.29, 0.717) is 0 Å². The number of nitrogens with one attached hydrogen (secondary N) is 2. The molecule has 3 aliphatic rings. The van der Waals surface area contributed by atoms with Crippen LogP contribution in [0.2, 0.25) is 0 Å². The Kier molecular flexibility index (Phi) is 8.16. The van der Waals surface area contributed by atoms with Gasteiger partial charge in [0.15, 0.2) is 0 Å². The molecule has 38 heavy (non-hydrogen) atoms. The van der Waals surface area contributed by atoms with E-state index in [1.807, 2.05) is 6.92 Å². The first kappa shape index (κ1) is 26.8. The lowest BCUT2D eigenvalue weighted by atomic mass is 9.86. The number of sulfonamides is 1. The number of piperazine rings is 1. The van der Waals surface area contributed by atoms with Crippen LogP contribution < -0.4 is 10.6 Å². The molecule has 2 fully saturated rings. The number of piperidine rings is 1. The van der Waals surface area contributed by atoms with Gasteiger partial charge in [-0.3, -0.25) is 14.5 Å². The van der Waals surface area contributed by atoms with Gasteiger partial charge >= 0.3 is 0 Å². The first-order valence-corrected chi connectivity index (χ1v) is 15.2. The number of likely N-dealkylation sites (tertiary alicyclic amines) is 1. The van der Waals surface area contributed by atoms with Crippen molar-refractivity contribution in [1.29, 1.82) is 0 Å². The first-order chi connectivity index (χ1) is 18.3. The van der Waals surface area contributed by atoms with E-state index in [4.69, 9.17) is 0 Å². The van der Waals surface area contributed by atoms with Gasteiger partial charge in [-0.05, 0) is 80.9 Å². The third-order valence-electron chi connectivity index (χ3n) is 8.00. The van der Waals surface area contributed by atoms with Crippen molar-refractivity contribution in [2.24, 2.45) is 0 Å². The summed E-state index contributed by atoms with van der Waals surface area (Å²) in [7, 11) is -3.92. The van der Waals surface area contributed by atoms with Crippen LogP contribution in [0.4, 0.5) is 0 Å². The highest BCUT2D eigenvalue weighted by molar-refractivity contribution is 7.89. The third kappa shape index (κ3) is 6.11. The Balaban J connectivity index is 1.26. The summed E-state index contributed by atoms with van der Waals surface area (Å²) < 4.78 is 27.9. The van der Waals surface area contributed by atoms with Crippen molar-refractivity contribution in [3.8, 4) is 0 Å². The van der Waals surface area contributed by atoms with Gasteiger partial charge in [0.05, 0.1) is 23.5 Å². The van der Waals surface area contributed by atoms with E-state index < -0.39 is 16.1 Å². The fourth-order valence-electron chi connectivity index (χ4n) is 5.92. The molecular weight excluding hydrogens is 500 g/mol. The van der Waals surface area contributed by atoms with Crippen LogP contribution in [0, 0.1) is 6.92 Å². The van der Waals surface area contributed by atoms with Crippen molar-refractivity contribution in [2.45, 2.75) is 75.4 Å². The van der Waals surface area contributed by atoms with E-state index in [1.54, 1.807) is 24.3 Å². The average molecular weight is 539 g/mol. The number of rotatable bonds is 7. The van der Waals surface area contributed by atoms with Crippen LogP contribution in [-0.2, 0) is 32.6 Å². The number of aryl methyl sites for hydroxylation is 2. The number of carbonyl (C=O) groups is 2. The third-order valence-corrected chi connectivity index (χ3v) is 9.91. The Morgan fingerprint density at radius 3 is 2.58 bits per heavy atom. The van der Waals surface area contributed by atoms with Crippen LogP contribution >= 0.6 is 0 Å². The van der Waals surface area contributed by atoms with Crippen LogP contribution in [0.5, 0.6) is 0 Å². The molecule has 0 radical (unpaired) electrons. The second-order valence-electron chi connectivity index (χ2n) is 10.9. The zero-order valence-corrected chi connectivity index (χ0v) is 22.9. The molecule has 2 amide bonds. The van der Waals surface area contributed by atoms with E-state index in [1.165, 1.54) is 34.7 Å². The van der Waals surface area contributed by atoms with E-state index in [2.05, 4.69) is 33.7 Å². The van der Waals surface area contributed by atoms with E-state index in [9.17, 15) is 18.0 Å². The highest BCUT2D eigenvalue weighted by Crippen LogP contribution is 2.31. The van der Waals surface area contributed by atoms with Crippen molar-refractivity contribution < 1.29 is 18.0 Å². The molecule has 1 aliphatic carbocycles. The Morgan fingerprint density at radius 2 is 1.82 bits per heavy atom. The largest absolute Gasteiger partial charge is 0.353 e. The Bertz CT molecular complexity index is 1270. The lowest BCUT2D eigenvalue weighted by molar-refractivity contribution is -0.127. The Labute approximate surface area is 225 Å². The number of hydrogen-bond donors (Lipinski definition) is 2. The molecule has 2 aromatic carbocycles. The summed E-state index contributed by atoms with van der Waals surface area (Å²) >= 11 is 0. The fraction of sp³-hybridized carbons (Fsp3) is 0.517. The normalized spacial score (nSPS) is 22.9. The van der Waals surface area contributed by atoms with E-state index >= 15 is 0 Å². The highest BCUT2D eigenvalue weighted by Gasteiger charge is 2.38. The number of hydrogen-bond acceptors (Lipinski definition) is 5. The average Bonchev–Trinajstić information content (AvgIpc) is 2.90. The molecule has 5 rings (SSSR count). The molecule has 204 valence electrons. The summed E-state index contributed by atoms with van der Waals surface area (Å²) in [6.45, 7) is 5.00. The van der Waals surface area contributed by atoms with Crippen molar-refractivity contribution in [1.82, 2.24) is 19.8 Å². The minimum Gasteiger partial charge on any atom is -0.353 e. The maximum atomic E-state index is 13.4. The quantitative estimate of drug-likeness (QED) is 0.565. The predicted molar refractivity (Wildman–Crippen MR) is 146 cm³/mol. The van der Waals surface area contributed by atoms with Crippen molar-refractivity contribution in [2.75, 3.05) is 26.2 Å². The van der Waals surface area contributed by atoms with Gasteiger partial charge in [-0.1, -0.05) is 42.3 Å². The minimum atomic E-state index is -3.92. The fourth-order valence-corrected chi connectivity index (χ4v) is 7.50. The zero-order chi connectivity index (χ0) is 26.7. The smallest absolute Gasteiger partial charge is 0.243 e. The van der Waals surface area contributed by atoms with Gasteiger partial charge in [0.1, 0.15) is 0 Å². The van der Waals surface area contributed by atoms with E-state index in [-0.39, 0.29) is 42.3 Å². The van der Waals surface area contributed by atoms with Gasteiger partial charge in [-0.15, -0.1) is 0 Å². The molecule has 0 bridgehead atoms. The zero-order valence-electron chi connectivity index (χ0n) is 22.1. The molecule has 0 aromatic heterocycles. The van der Waals surface area contributed by atoms with Crippen molar-refractivity contribution in [3.05, 3.63) is 64.7 Å². The van der Waals surface area contributed by atoms with Gasteiger partial charge < -0.3 is 10.6 Å². The number of benzene rings is 2. The second-order valence-corrected chi connectivity index (χ2v) is 12.8. The highest BCUT2D eigenvalue weighted by atomic mass is 32.2. The summed E-state index contributed by atoms with van der Waals surface area (Å²) in [5, 5.41) is 5.90. The summed E-state index contributed by atoms with van der Waals surface area (Å²) in [4.78, 5) is 28.0. The number of amides is 2. The standard InChI is InChI=1S/C29H38N4O4S/c1-21-8-11-25(12-9-21)38(36,37)33-20-29(35)30-18-24(33)17-28(34)31-27-7-5-6-23-16-22(10-13-26(23)27)19-32-14-3-2-4-15-32/h8-13,16,24,27H,2-7,14-15,17-20H2,1H3,(H,30,35)(H,31,34)/t24-,27-/m1/s1. The monoisotopic (exact) mass is 538 g/mol. The molecule has 0 saturated carbocycles. The minimum absolute atomic E-state index is 0.00967. The molecule has 2 saturated heterocycles. The summed E-state index contributed by atoms with van der Waals surface area (Å²) in [5.74, 6) is -0.565. The van der Waals surface area contributed by atoms with Gasteiger partial charge in [-0.25, -0.2) is 8.42 Å². The Hall–Kier alpha value is -2.75. The van der Waals surface area contributed by atoms with Crippen LogP contribution in [0.25, 0.3) is 0 Å². The molecule has 2 atom stereocenters. The first-order valence-electron chi connectivity index (χ1n) is 13.8. The van der Waals surface area contributed by atoms with Gasteiger partial charge in [0.25, 0.3) is 0 Å². The van der Waals surface area contributed by atoms with E-state index in [0.717, 1.165) is 50.0 Å². The summed E-state index contributed by atoms with van der Waals surface area (Å²) in [6.07, 6.45) is 6.72. The van der Waals surface area contributed by atoms with Crippen molar-refractivity contribution >= 4 is 21.8 Å². The molecular formula is C29H38N4O4S. The predicted octanol–water partition coefficient (Wildman–Crippen LogP) is 3.05. The van der Waals surface area contributed by atoms with Gasteiger partial charge in [-0.2, -0.15) is 4.31 Å². The molecule has 2 aliphatic heterocycles. The lowest BCUT2D eigenvalue weighted by Crippen LogP contribution is -2.57. The number of fused-ring (bicyclic) bond motifs is 1. The van der Waals surface area contributed by atoms with Crippen LogP contribution in [-0.4, -0.2) is 61.7 Å². The molecule has 2 aromatic rings. The molecule has 0 unspecified atom stereocenters. The summed E-state index contributed by atoms with van der Waals surface area (Å²) in [6, 6.07) is 12.5. The second kappa shape index (κ2) is 11.6. The maximum Gasteiger partial charge on any atom is 0.243 e. The molecule has 9 heteroatoms. The molecule has 2 N–H and O–H groups in total. The van der Waals surface area contributed by atoms with Crippen LogP contribution in [0.1, 0.15) is 66.8 Å². The molecule has 0 spiro atoms. The van der Waals surface area contributed by atoms with Gasteiger partial charge in [0, 0.05) is 19.5 Å². The Morgan fingerprint density at radius 1 is 1.05 bits per heavy atom. The van der Waals surface area contributed by atoms with Crippen LogP contribution in [0.15, 0.2) is 47.4 Å². The lowest BCUT2D eigenvalue weighted by Gasteiger charge is -2.35. The number of nitrogens with zero attached hydrogens (tertiary/aromatic N) is 2. The molecule has 8 nitrogen and oxygen atoms in total. The SMILES string of the molecule is Cc1ccc(S(=O)(=O)N2CC(=O)NC[C@H]2CC(=O)N[C@@H]2CCCc3cc(CN4CCCCC4)ccc32)cc1. The van der Waals surface area contributed by atoms with Gasteiger partial charge in [0.2, 0.25) is 21.8 Å².